The fourth-order valence-electron chi connectivity index (χ4n) is 2.64. The Kier molecular flexibility index (Phi) is 5.50. The van der Waals surface area contributed by atoms with Crippen LogP contribution in [-0.2, 0) is 14.3 Å². The van der Waals surface area contributed by atoms with Crippen LogP contribution < -0.4 is 0 Å². The van der Waals surface area contributed by atoms with E-state index in [4.69, 9.17) is 4.74 Å². The summed E-state index contributed by atoms with van der Waals surface area (Å²) in [4.78, 5) is 22.2. The average molecular weight is 226 g/mol. The highest BCUT2D eigenvalue weighted by Gasteiger charge is 2.26. The maximum absolute atomic E-state index is 11.6. The van der Waals surface area contributed by atoms with Crippen molar-refractivity contribution in [1.82, 2.24) is 0 Å². The normalized spacial score (nSPS) is 19.1. The van der Waals surface area contributed by atoms with Crippen molar-refractivity contribution in [3.05, 3.63) is 0 Å². The fraction of sp³-hybridized carbons (Fsp3) is 0.846. The molecule has 0 aromatic heterocycles. The Bertz CT molecular complexity index is 242. The molecule has 3 heteroatoms. The second-order valence-electron chi connectivity index (χ2n) is 4.74. The van der Waals surface area contributed by atoms with Crippen molar-refractivity contribution in [3.8, 4) is 0 Å². The highest BCUT2D eigenvalue weighted by atomic mass is 16.5. The van der Waals surface area contributed by atoms with Crippen molar-refractivity contribution >= 4 is 11.8 Å². The van der Waals surface area contributed by atoms with E-state index in [-0.39, 0.29) is 17.7 Å². The predicted molar refractivity (Wildman–Crippen MR) is 62.0 cm³/mol. The topological polar surface area (TPSA) is 43.4 Å². The molecule has 1 atom stereocenters. The minimum absolute atomic E-state index is 0.0969. The Morgan fingerprint density at radius 1 is 1.19 bits per heavy atom. The minimum Gasteiger partial charge on any atom is -0.466 e. The van der Waals surface area contributed by atoms with Gasteiger partial charge in [-0.2, -0.15) is 0 Å². The number of hydrogen-bond acceptors (Lipinski definition) is 3. The Labute approximate surface area is 97.5 Å². The zero-order valence-corrected chi connectivity index (χ0v) is 10.3. The van der Waals surface area contributed by atoms with Gasteiger partial charge in [0.1, 0.15) is 5.78 Å². The molecule has 0 N–H and O–H groups in total. The van der Waals surface area contributed by atoms with Crippen LogP contribution in [0.25, 0.3) is 0 Å². The maximum atomic E-state index is 11.6. The summed E-state index contributed by atoms with van der Waals surface area (Å²) < 4.78 is 4.92. The second kappa shape index (κ2) is 6.66. The molecule has 1 aliphatic carbocycles. The molecule has 0 radical (unpaired) electrons. The molecule has 1 rings (SSSR count). The van der Waals surface area contributed by atoms with Crippen LogP contribution in [-0.4, -0.2) is 18.4 Å². The third kappa shape index (κ3) is 4.33. The first-order valence-corrected chi connectivity index (χ1v) is 6.25. The Morgan fingerprint density at radius 3 is 2.31 bits per heavy atom. The van der Waals surface area contributed by atoms with E-state index >= 15 is 0 Å². The number of rotatable bonds is 5. The summed E-state index contributed by atoms with van der Waals surface area (Å²) in [5.41, 5.74) is 0. The van der Waals surface area contributed by atoms with Gasteiger partial charge in [-0.15, -0.1) is 0 Å². The molecule has 3 nitrogen and oxygen atoms in total. The molecule has 0 amide bonds. The van der Waals surface area contributed by atoms with E-state index < -0.39 is 0 Å². The number of hydrogen-bond donors (Lipinski definition) is 0. The first-order chi connectivity index (χ1) is 7.61. The van der Waals surface area contributed by atoms with Gasteiger partial charge in [0, 0.05) is 12.8 Å². The van der Waals surface area contributed by atoms with E-state index in [2.05, 4.69) is 0 Å². The van der Waals surface area contributed by atoms with Crippen molar-refractivity contribution < 1.29 is 14.3 Å². The molecule has 0 aromatic rings. The molecular formula is C13H22O3. The third-order valence-electron chi connectivity index (χ3n) is 3.48. The first-order valence-electron chi connectivity index (χ1n) is 6.25. The van der Waals surface area contributed by atoms with E-state index in [1.165, 1.54) is 26.2 Å². The summed E-state index contributed by atoms with van der Waals surface area (Å²) in [6.45, 7) is 3.45. The molecule has 92 valence electrons. The molecular weight excluding hydrogens is 204 g/mol. The standard InChI is InChI=1S/C13H22O3/c1-10(14)13(8-9-16-11(2)15)12-6-4-3-5-7-12/h12-13H,3-9H2,1-2H3. The fourth-order valence-corrected chi connectivity index (χ4v) is 2.64. The van der Waals surface area contributed by atoms with Crippen molar-refractivity contribution in [2.45, 2.75) is 52.4 Å². The van der Waals surface area contributed by atoms with E-state index in [1.807, 2.05) is 0 Å². The minimum atomic E-state index is -0.258. The van der Waals surface area contributed by atoms with Crippen LogP contribution in [0.5, 0.6) is 0 Å². The predicted octanol–water partition coefficient (Wildman–Crippen LogP) is 2.73. The van der Waals surface area contributed by atoms with Gasteiger partial charge < -0.3 is 4.74 Å². The summed E-state index contributed by atoms with van der Waals surface area (Å²) in [7, 11) is 0. The van der Waals surface area contributed by atoms with Gasteiger partial charge in [-0.05, 0) is 32.1 Å². The van der Waals surface area contributed by atoms with Crippen molar-refractivity contribution in [3.63, 3.8) is 0 Å². The van der Waals surface area contributed by atoms with E-state index in [0.717, 1.165) is 12.8 Å². The summed E-state index contributed by atoms with van der Waals surface area (Å²) in [6, 6.07) is 0. The largest absolute Gasteiger partial charge is 0.466 e. The smallest absolute Gasteiger partial charge is 0.302 e. The van der Waals surface area contributed by atoms with Crippen LogP contribution in [0.3, 0.4) is 0 Å². The molecule has 1 unspecified atom stereocenters. The van der Waals surface area contributed by atoms with E-state index in [0.29, 0.717) is 18.9 Å². The molecule has 0 aliphatic heterocycles. The van der Waals surface area contributed by atoms with E-state index in [9.17, 15) is 9.59 Å². The molecule has 16 heavy (non-hydrogen) atoms. The highest BCUT2D eigenvalue weighted by molar-refractivity contribution is 5.78. The summed E-state index contributed by atoms with van der Waals surface area (Å²) in [5, 5.41) is 0. The molecule has 0 heterocycles. The van der Waals surface area contributed by atoms with Crippen LogP contribution in [0.4, 0.5) is 0 Å². The van der Waals surface area contributed by atoms with Crippen LogP contribution in [0.1, 0.15) is 52.4 Å². The first kappa shape index (κ1) is 13.2. The maximum Gasteiger partial charge on any atom is 0.302 e. The Morgan fingerprint density at radius 2 is 1.81 bits per heavy atom. The number of Topliss-reactive ketones (excluding diaryl/α,β-unsaturated/α-hetero) is 1. The number of esters is 1. The summed E-state index contributed by atoms with van der Waals surface area (Å²) in [6.07, 6.45) is 6.78. The quantitative estimate of drug-likeness (QED) is 0.677. The van der Waals surface area contributed by atoms with Gasteiger partial charge in [-0.3, -0.25) is 9.59 Å². The lowest BCUT2D eigenvalue weighted by Gasteiger charge is -2.28. The lowest BCUT2D eigenvalue weighted by Crippen LogP contribution is -2.25. The molecule has 0 saturated heterocycles. The lowest BCUT2D eigenvalue weighted by atomic mass is 9.77. The van der Waals surface area contributed by atoms with Crippen molar-refractivity contribution in [2.75, 3.05) is 6.61 Å². The number of carbonyl (C=O) groups excluding carboxylic acids is 2. The van der Waals surface area contributed by atoms with Crippen molar-refractivity contribution in [2.24, 2.45) is 11.8 Å². The van der Waals surface area contributed by atoms with Gasteiger partial charge >= 0.3 is 5.97 Å². The number of ether oxygens (including phenoxy) is 1. The monoisotopic (exact) mass is 226 g/mol. The molecule has 0 spiro atoms. The van der Waals surface area contributed by atoms with Gasteiger partial charge in [-0.1, -0.05) is 19.3 Å². The van der Waals surface area contributed by atoms with Gasteiger partial charge in [0.25, 0.3) is 0 Å². The van der Waals surface area contributed by atoms with Gasteiger partial charge in [0.2, 0.25) is 0 Å². The van der Waals surface area contributed by atoms with Gasteiger partial charge in [0.15, 0.2) is 0 Å². The Hall–Kier alpha value is -0.860. The molecule has 0 aromatic carbocycles. The molecule has 1 saturated carbocycles. The molecule has 1 fully saturated rings. The van der Waals surface area contributed by atoms with Crippen molar-refractivity contribution in [1.29, 1.82) is 0 Å². The van der Waals surface area contributed by atoms with Crippen LogP contribution in [0.2, 0.25) is 0 Å². The van der Waals surface area contributed by atoms with Crippen LogP contribution in [0.15, 0.2) is 0 Å². The summed E-state index contributed by atoms with van der Waals surface area (Å²) >= 11 is 0. The average Bonchev–Trinajstić information content (AvgIpc) is 2.25. The third-order valence-corrected chi connectivity index (χ3v) is 3.48. The Balaban J connectivity index is 2.40. The zero-order chi connectivity index (χ0) is 12.0. The second-order valence-corrected chi connectivity index (χ2v) is 4.74. The van der Waals surface area contributed by atoms with Gasteiger partial charge in [-0.25, -0.2) is 0 Å². The van der Waals surface area contributed by atoms with Crippen LogP contribution >= 0.6 is 0 Å². The number of ketones is 1. The van der Waals surface area contributed by atoms with E-state index in [1.54, 1.807) is 6.92 Å². The van der Waals surface area contributed by atoms with Gasteiger partial charge in [0.05, 0.1) is 6.61 Å². The van der Waals surface area contributed by atoms with Crippen LogP contribution in [0, 0.1) is 11.8 Å². The lowest BCUT2D eigenvalue weighted by molar-refractivity contribution is -0.142. The molecule has 1 aliphatic rings. The highest BCUT2D eigenvalue weighted by Crippen LogP contribution is 2.32. The number of carbonyl (C=O) groups is 2. The summed E-state index contributed by atoms with van der Waals surface area (Å²) in [5.74, 6) is 0.603. The SMILES string of the molecule is CC(=O)OCCC(C(C)=O)C1CCCCC1. The molecule has 0 bridgehead atoms. The zero-order valence-electron chi connectivity index (χ0n) is 10.3.